The standard InChI is InChI=1S/C14H23N3O2S/c1-2-10-3-5-12(6-4-10)17-13-7-11(15)8-14(9-13)20(16,18)19/h7-10,12,17H,2-6,15H2,1H3,(H2,16,18,19). The third kappa shape index (κ3) is 3.86. The summed E-state index contributed by atoms with van der Waals surface area (Å²) < 4.78 is 22.8. The van der Waals surface area contributed by atoms with Gasteiger partial charge in [0.15, 0.2) is 0 Å². The van der Waals surface area contributed by atoms with Gasteiger partial charge in [0.25, 0.3) is 0 Å². The zero-order chi connectivity index (χ0) is 14.8. The second-order valence-electron chi connectivity index (χ2n) is 5.61. The van der Waals surface area contributed by atoms with E-state index < -0.39 is 10.0 Å². The summed E-state index contributed by atoms with van der Waals surface area (Å²) in [5.74, 6) is 0.828. The van der Waals surface area contributed by atoms with E-state index in [2.05, 4.69) is 12.2 Å². The largest absolute Gasteiger partial charge is 0.399 e. The van der Waals surface area contributed by atoms with Gasteiger partial charge in [-0.15, -0.1) is 0 Å². The van der Waals surface area contributed by atoms with Crippen LogP contribution in [0.5, 0.6) is 0 Å². The molecule has 6 heteroatoms. The SMILES string of the molecule is CCC1CCC(Nc2cc(N)cc(S(N)(=O)=O)c2)CC1. The maximum atomic E-state index is 11.4. The van der Waals surface area contributed by atoms with E-state index in [-0.39, 0.29) is 4.90 Å². The van der Waals surface area contributed by atoms with Crippen LogP contribution in [-0.2, 0) is 10.0 Å². The number of nitrogen functional groups attached to an aromatic ring is 1. The molecule has 1 fully saturated rings. The predicted molar refractivity (Wildman–Crippen MR) is 81.9 cm³/mol. The van der Waals surface area contributed by atoms with Crippen molar-refractivity contribution in [3.8, 4) is 0 Å². The minimum atomic E-state index is -3.72. The van der Waals surface area contributed by atoms with Gasteiger partial charge in [-0.2, -0.15) is 0 Å². The van der Waals surface area contributed by atoms with Gasteiger partial charge in [-0.1, -0.05) is 13.3 Å². The molecule has 0 heterocycles. The normalized spacial score (nSPS) is 23.5. The summed E-state index contributed by atoms with van der Waals surface area (Å²) in [4.78, 5) is 0.0576. The summed E-state index contributed by atoms with van der Waals surface area (Å²) in [5.41, 5.74) is 6.88. The highest BCUT2D eigenvalue weighted by Gasteiger charge is 2.20. The number of nitrogens with two attached hydrogens (primary N) is 2. The summed E-state index contributed by atoms with van der Waals surface area (Å²) in [7, 11) is -3.72. The summed E-state index contributed by atoms with van der Waals surface area (Å²) in [6.07, 6.45) is 5.90. The third-order valence-corrected chi connectivity index (χ3v) is 4.95. The molecule has 0 saturated heterocycles. The van der Waals surface area contributed by atoms with Gasteiger partial charge in [-0.3, -0.25) is 0 Å². The predicted octanol–water partition coefficient (Wildman–Crippen LogP) is 2.30. The topological polar surface area (TPSA) is 98.2 Å². The lowest BCUT2D eigenvalue weighted by Crippen LogP contribution is -2.26. The molecule has 2 rings (SSSR count). The minimum absolute atomic E-state index is 0.0576. The number of nitrogens with one attached hydrogen (secondary N) is 1. The summed E-state index contributed by atoms with van der Waals surface area (Å²) in [5, 5.41) is 8.53. The first-order valence-corrected chi connectivity index (χ1v) is 8.63. The highest BCUT2D eigenvalue weighted by molar-refractivity contribution is 7.89. The van der Waals surface area contributed by atoms with Crippen molar-refractivity contribution >= 4 is 21.4 Å². The molecule has 1 aliphatic carbocycles. The Hall–Kier alpha value is -1.27. The molecule has 0 spiro atoms. The Morgan fingerprint density at radius 3 is 2.40 bits per heavy atom. The first kappa shape index (κ1) is 15.1. The van der Waals surface area contributed by atoms with Gasteiger partial charge in [0.2, 0.25) is 10.0 Å². The number of hydrogen-bond acceptors (Lipinski definition) is 4. The Bertz CT molecular complexity index is 564. The molecule has 5 nitrogen and oxygen atoms in total. The fraction of sp³-hybridized carbons (Fsp3) is 0.571. The van der Waals surface area contributed by atoms with E-state index in [1.807, 2.05) is 0 Å². The van der Waals surface area contributed by atoms with Crippen LogP contribution < -0.4 is 16.2 Å². The second kappa shape index (κ2) is 6.01. The number of rotatable bonds is 4. The Morgan fingerprint density at radius 2 is 1.85 bits per heavy atom. The van der Waals surface area contributed by atoms with E-state index >= 15 is 0 Å². The monoisotopic (exact) mass is 297 g/mol. The Morgan fingerprint density at radius 1 is 1.20 bits per heavy atom. The number of primary sulfonamides is 1. The number of sulfonamides is 1. The summed E-state index contributed by atoms with van der Waals surface area (Å²) >= 11 is 0. The number of hydrogen-bond donors (Lipinski definition) is 3. The van der Waals surface area contributed by atoms with Crippen LogP contribution in [0.1, 0.15) is 39.0 Å². The molecule has 1 aromatic carbocycles. The molecule has 0 aliphatic heterocycles. The molecule has 1 aliphatic rings. The Kier molecular flexibility index (Phi) is 4.55. The highest BCUT2D eigenvalue weighted by atomic mass is 32.2. The first-order valence-electron chi connectivity index (χ1n) is 7.08. The molecule has 0 unspecified atom stereocenters. The van der Waals surface area contributed by atoms with E-state index in [1.54, 1.807) is 12.1 Å². The van der Waals surface area contributed by atoms with Crippen molar-refractivity contribution in [1.82, 2.24) is 0 Å². The first-order chi connectivity index (χ1) is 9.38. The minimum Gasteiger partial charge on any atom is -0.399 e. The van der Waals surface area contributed by atoms with Gasteiger partial charge < -0.3 is 11.1 Å². The van der Waals surface area contributed by atoms with Crippen molar-refractivity contribution in [2.45, 2.75) is 50.0 Å². The van der Waals surface area contributed by atoms with Crippen LogP contribution in [0, 0.1) is 5.92 Å². The van der Waals surface area contributed by atoms with Crippen molar-refractivity contribution < 1.29 is 8.42 Å². The van der Waals surface area contributed by atoms with Gasteiger partial charge >= 0.3 is 0 Å². The smallest absolute Gasteiger partial charge is 0.238 e. The Labute approximate surface area is 120 Å². The van der Waals surface area contributed by atoms with Gasteiger partial charge in [-0.25, -0.2) is 13.6 Å². The van der Waals surface area contributed by atoms with Crippen molar-refractivity contribution in [2.75, 3.05) is 11.1 Å². The van der Waals surface area contributed by atoms with E-state index in [0.29, 0.717) is 11.7 Å². The van der Waals surface area contributed by atoms with Crippen molar-refractivity contribution in [2.24, 2.45) is 11.1 Å². The van der Waals surface area contributed by atoms with E-state index in [0.717, 1.165) is 24.4 Å². The maximum absolute atomic E-state index is 11.4. The van der Waals surface area contributed by atoms with E-state index in [4.69, 9.17) is 10.9 Å². The molecular formula is C14H23N3O2S. The van der Waals surface area contributed by atoms with Crippen LogP contribution in [0.2, 0.25) is 0 Å². The molecule has 0 radical (unpaired) electrons. The lowest BCUT2D eigenvalue weighted by atomic mass is 9.84. The van der Waals surface area contributed by atoms with Gasteiger partial charge in [0.1, 0.15) is 0 Å². The van der Waals surface area contributed by atoms with Gasteiger partial charge in [0.05, 0.1) is 4.90 Å². The second-order valence-corrected chi connectivity index (χ2v) is 7.17. The molecule has 5 N–H and O–H groups in total. The zero-order valence-corrected chi connectivity index (χ0v) is 12.6. The van der Waals surface area contributed by atoms with E-state index in [9.17, 15) is 8.42 Å². The van der Waals surface area contributed by atoms with Gasteiger partial charge in [-0.05, 0) is 49.8 Å². The number of anilines is 2. The number of benzene rings is 1. The molecule has 0 bridgehead atoms. The van der Waals surface area contributed by atoms with Crippen molar-refractivity contribution in [3.05, 3.63) is 18.2 Å². The zero-order valence-electron chi connectivity index (χ0n) is 11.8. The van der Waals surface area contributed by atoms with E-state index in [1.165, 1.54) is 25.3 Å². The quantitative estimate of drug-likeness (QED) is 0.743. The fourth-order valence-corrected chi connectivity index (χ4v) is 3.41. The molecule has 112 valence electrons. The highest BCUT2D eigenvalue weighted by Crippen LogP contribution is 2.29. The molecule has 20 heavy (non-hydrogen) atoms. The van der Waals surface area contributed by atoms with Crippen LogP contribution >= 0.6 is 0 Å². The van der Waals surface area contributed by atoms with Gasteiger partial charge in [0, 0.05) is 17.4 Å². The summed E-state index contributed by atoms with van der Waals surface area (Å²) in [6, 6.07) is 5.07. The molecule has 1 saturated carbocycles. The van der Waals surface area contributed by atoms with Crippen LogP contribution in [0.25, 0.3) is 0 Å². The molecular weight excluding hydrogens is 274 g/mol. The molecule has 1 aromatic rings. The average molecular weight is 297 g/mol. The van der Waals surface area contributed by atoms with Crippen LogP contribution in [0.15, 0.2) is 23.1 Å². The molecule has 0 atom stereocenters. The van der Waals surface area contributed by atoms with Crippen molar-refractivity contribution in [1.29, 1.82) is 0 Å². The third-order valence-electron chi connectivity index (χ3n) is 4.05. The van der Waals surface area contributed by atoms with Crippen LogP contribution in [-0.4, -0.2) is 14.5 Å². The van der Waals surface area contributed by atoms with Crippen LogP contribution in [0.3, 0.4) is 0 Å². The maximum Gasteiger partial charge on any atom is 0.238 e. The molecule has 0 aromatic heterocycles. The fourth-order valence-electron chi connectivity index (χ4n) is 2.82. The Balaban J connectivity index is 2.09. The van der Waals surface area contributed by atoms with Crippen molar-refractivity contribution in [3.63, 3.8) is 0 Å². The molecule has 0 amide bonds. The summed E-state index contributed by atoms with van der Waals surface area (Å²) in [6.45, 7) is 2.23. The average Bonchev–Trinajstić information content (AvgIpc) is 2.38. The lowest BCUT2D eigenvalue weighted by Gasteiger charge is -2.29. The lowest BCUT2D eigenvalue weighted by molar-refractivity contribution is 0.330. The van der Waals surface area contributed by atoms with Crippen LogP contribution in [0.4, 0.5) is 11.4 Å².